The number of hydrogen-bond donors (Lipinski definition) is 2. The predicted molar refractivity (Wildman–Crippen MR) is 125 cm³/mol. The Bertz CT molecular complexity index is 1150. The molecule has 0 saturated carbocycles. The van der Waals surface area contributed by atoms with Gasteiger partial charge >= 0.3 is 0 Å². The Balaban J connectivity index is 1.49. The standard InChI is InChI=1S/C21H27N7S2/c1-2-3-4-16-26-18-19(20-15(5-10-29-20)25-21(18)22)28(16)12-17-24-14(13-30-17)11-27-8-6-23-7-9-27/h5,10,13,23H,2-4,6-9,11-12H2,1H3,(H2,22,25). The molecule has 5 rings (SSSR count). The molecular formula is C21H27N7S2. The number of anilines is 1. The maximum Gasteiger partial charge on any atom is 0.152 e. The van der Waals surface area contributed by atoms with Crippen LogP contribution in [-0.2, 0) is 19.5 Å². The lowest BCUT2D eigenvalue weighted by Gasteiger charge is -2.26. The zero-order chi connectivity index (χ0) is 20.5. The number of nitrogens with one attached hydrogen (secondary N) is 1. The van der Waals surface area contributed by atoms with E-state index in [9.17, 15) is 0 Å². The molecule has 0 atom stereocenters. The summed E-state index contributed by atoms with van der Waals surface area (Å²) < 4.78 is 3.49. The van der Waals surface area contributed by atoms with Crippen molar-refractivity contribution in [2.24, 2.45) is 0 Å². The van der Waals surface area contributed by atoms with Crippen molar-refractivity contribution in [3.8, 4) is 0 Å². The van der Waals surface area contributed by atoms with Gasteiger partial charge in [-0.05, 0) is 17.9 Å². The molecule has 5 heterocycles. The number of aromatic nitrogens is 4. The molecule has 1 aliphatic heterocycles. The predicted octanol–water partition coefficient (Wildman–Crippen LogP) is 3.48. The van der Waals surface area contributed by atoms with Crippen LogP contribution in [0.15, 0.2) is 16.8 Å². The van der Waals surface area contributed by atoms with Gasteiger partial charge in [-0.2, -0.15) is 0 Å². The largest absolute Gasteiger partial charge is 0.382 e. The highest BCUT2D eigenvalue weighted by Gasteiger charge is 2.19. The van der Waals surface area contributed by atoms with Gasteiger partial charge in [0.25, 0.3) is 0 Å². The van der Waals surface area contributed by atoms with Crippen molar-refractivity contribution in [3.63, 3.8) is 0 Å². The molecular weight excluding hydrogens is 414 g/mol. The molecule has 158 valence electrons. The van der Waals surface area contributed by atoms with Crippen molar-refractivity contribution >= 4 is 49.7 Å². The smallest absolute Gasteiger partial charge is 0.152 e. The van der Waals surface area contributed by atoms with Gasteiger partial charge in [-0.15, -0.1) is 22.7 Å². The molecule has 0 unspecified atom stereocenters. The molecule has 1 aliphatic rings. The summed E-state index contributed by atoms with van der Waals surface area (Å²) in [7, 11) is 0. The number of nitrogens with two attached hydrogens (primary N) is 1. The van der Waals surface area contributed by atoms with Gasteiger partial charge in [-0.1, -0.05) is 13.3 Å². The van der Waals surface area contributed by atoms with E-state index < -0.39 is 0 Å². The number of nitrogen functional groups attached to an aromatic ring is 1. The summed E-state index contributed by atoms with van der Waals surface area (Å²) in [6, 6.07) is 2.04. The second kappa shape index (κ2) is 8.58. The third-order valence-electron chi connectivity index (χ3n) is 5.63. The minimum atomic E-state index is 0.519. The van der Waals surface area contributed by atoms with Crippen LogP contribution in [0.1, 0.15) is 36.3 Å². The quantitative estimate of drug-likeness (QED) is 0.457. The van der Waals surface area contributed by atoms with Crippen LogP contribution >= 0.6 is 22.7 Å². The average Bonchev–Trinajstić information content (AvgIpc) is 3.47. The van der Waals surface area contributed by atoms with E-state index in [0.717, 1.165) is 90.6 Å². The van der Waals surface area contributed by atoms with Crippen LogP contribution < -0.4 is 11.1 Å². The number of thiophene rings is 1. The second-order valence-electron chi connectivity index (χ2n) is 7.81. The molecule has 3 N–H and O–H groups in total. The summed E-state index contributed by atoms with van der Waals surface area (Å²) >= 11 is 3.45. The van der Waals surface area contributed by atoms with Crippen LogP contribution in [0, 0.1) is 0 Å². The van der Waals surface area contributed by atoms with Crippen LogP contribution in [0.4, 0.5) is 5.82 Å². The summed E-state index contributed by atoms with van der Waals surface area (Å²) in [5.41, 5.74) is 10.3. The van der Waals surface area contributed by atoms with Gasteiger partial charge in [0.15, 0.2) is 5.82 Å². The van der Waals surface area contributed by atoms with Crippen LogP contribution in [0.5, 0.6) is 0 Å². The van der Waals surface area contributed by atoms with Crippen LogP contribution in [0.2, 0.25) is 0 Å². The molecule has 30 heavy (non-hydrogen) atoms. The van der Waals surface area contributed by atoms with Gasteiger partial charge in [-0.3, -0.25) is 4.90 Å². The summed E-state index contributed by atoms with van der Waals surface area (Å²) in [5, 5.41) is 8.82. The van der Waals surface area contributed by atoms with E-state index in [2.05, 4.69) is 37.5 Å². The molecule has 7 nitrogen and oxygen atoms in total. The number of pyridine rings is 1. The van der Waals surface area contributed by atoms with Crippen molar-refractivity contribution in [1.82, 2.24) is 29.7 Å². The Morgan fingerprint density at radius 1 is 1.13 bits per heavy atom. The van der Waals surface area contributed by atoms with E-state index in [1.807, 2.05) is 6.07 Å². The fraction of sp³-hybridized carbons (Fsp3) is 0.476. The first kappa shape index (κ1) is 19.9. The van der Waals surface area contributed by atoms with Gasteiger partial charge in [0, 0.05) is 44.5 Å². The third kappa shape index (κ3) is 3.82. The number of fused-ring (bicyclic) bond motifs is 3. The SMILES string of the molecule is CCCCc1nc2c(N)nc3ccsc3c2n1Cc1nc(CN2CCNCC2)cs1. The Hall–Kier alpha value is -2.07. The number of hydrogen-bond acceptors (Lipinski definition) is 8. The maximum atomic E-state index is 6.29. The lowest BCUT2D eigenvalue weighted by atomic mass is 10.2. The topological polar surface area (TPSA) is 84.9 Å². The first-order valence-electron chi connectivity index (χ1n) is 10.6. The number of unbranched alkanes of at least 4 members (excludes halogenated alkanes) is 1. The lowest BCUT2D eigenvalue weighted by Crippen LogP contribution is -2.42. The summed E-state index contributed by atoms with van der Waals surface area (Å²) in [6.07, 6.45) is 3.18. The molecule has 4 aromatic rings. The summed E-state index contributed by atoms with van der Waals surface area (Å²) in [5.74, 6) is 1.60. The van der Waals surface area contributed by atoms with Gasteiger partial charge in [0.2, 0.25) is 0 Å². The minimum Gasteiger partial charge on any atom is -0.382 e. The van der Waals surface area contributed by atoms with Crippen molar-refractivity contribution < 1.29 is 0 Å². The van der Waals surface area contributed by atoms with Crippen molar-refractivity contribution in [1.29, 1.82) is 0 Å². The zero-order valence-electron chi connectivity index (χ0n) is 17.2. The zero-order valence-corrected chi connectivity index (χ0v) is 18.9. The first-order chi connectivity index (χ1) is 14.7. The van der Waals surface area contributed by atoms with Crippen molar-refractivity contribution in [3.05, 3.63) is 33.4 Å². The van der Waals surface area contributed by atoms with Crippen LogP contribution in [0.3, 0.4) is 0 Å². The average molecular weight is 442 g/mol. The minimum absolute atomic E-state index is 0.519. The highest BCUT2D eigenvalue weighted by atomic mass is 32.1. The third-order valence-corrected chi connectivity index (χ3v) is 7.42. The molecule has 1 fully saturated rings. The second-order valence-corrected chi connectivity index (χ2v) is 9.66. The molecule has 0 amide bonds. The van der Waals surface area contributed by atoms with Crippen LogP contribution in [0.25, 0.3) is 21.3 Å². The number of aryl methyl sites for hydroxylation is 1. The van der Waals surface area contributed by atoms with Gasteiger partial charge in [0.1, 0.15) is 16.3 Å². The molecule has 0 aromatic carbocycles. The van der Waals surface area contributed by atoms with Gasteiger partial charge in [-0.25, -0.2) is 15.0 Å². The number of rotatable bonds is 7. The van der Waals surface area contributed by atoms with E-state index >= 15 is 0 Å². The molecule has 4 aromatic heterocycles. The summed E-state index contributed by atoms with van der Waals surface area (Å²) in [6.45, 7) is 8.17. The summed E-state index contributed by atoms with van der Waals surface area (Å²) in [4.78, 5) is 16.9. The number of imidazole rings is 1. The van der Waals surface area contributed by atoms with E-state index in [0.29, 0.717) is 5.82 Å². The Labute approximate surface area is 184 Å². The van der Waals surface area contributed by atoms with E-state index in [1.165, 1.54) is 5.69 Å². The van der Waals surface area contributed by atoms with Crippen molar-refractivity contribution in [2.75, 3.05) is 31.9 Å². The molecule has 0 spiro atoms. The molecule has 1 saturated heterocycles. The Kier molecular flexibility index (Phi) is 5.68. The van der Waals surface area contributed by atoms with Gasteiger partial charge in [0.05, 0.1) is 28.0 Å². The van der Waals surface area contributed by atoms with Crippen LogP contribution in [-0.4, -0.2) is 50.6 Å². The fourth-order valence-corrected chi connectivity index (χ4v) is 5.74. The highest BCUT2D eigenvalue weighted by Crippen LogP contribution is 2.33. The monoisotopic (exact) mass is 441 g/mol. The van der Waals surface area contributed by atoms with E-state index in [1.54, 1.807) is 22.7 Å². The van der Waals surface area contributed by atoms with E-state index in [4.69, 9.17) is 15.7 Å². The number of nitrogens with zero attached hydrogens (tertiary/aromatic N) is 5. The molecule has 0 aliphatic carbocycles. The highest BCUT2D eigenvalue weighted by molar-refractivity contribution is 7.18. The molecule has 0 bridgehead atoms. The first-order valence-corrected chi connectivity index (χ1v) is 12.4. The normalized spacial score (nSPS) is 15.5. The van der Waals surface area contributed by atoms with Gasteiger partial charge < -0.3 is 15.6 Å². The molecule has 9 heteroatoms. The Morgan fingerprint density at radius 2 is 2.00 bits per heavy atom. The maximum absolute atomic E-state index is 6.29. The van der Waals surface area contributed by atoms with Crippen molar-refractivity contribution in [2.45, 2.75) is 39.3 Å². The molecule has 0 radical (unpaired) electrons. The number of piperazine rings is 1. The van der Waals surface area contributed by atoms with E-state index in [-0.39, 0.29) is 0 Å². The number of thiazole rings is 1. The fourth-order valence-electron chi connectivity index (χ4n) is 4.08. The lowest BCUT2D eigenvalue weighted by molar-refractivity contribution is 0.231. The Morgan fingerprint density at radius 3 is 2.83 bits per heavy atom.